The summed E-state index contributed by atoms with van der Waals surface area (Å²) in [5.74, 6) is -0.899. The van der Waals surface area contributed by atoms with Crippen LogP contribution in [0.25, 0.3) is 5.69 Å². The summed E-state index contributed by atoms with van der Waals surface area (Å²) in [6.07, 6.45) is 1.59. The van der Waals surface area contributed by atoms with Crippen LogP contribution >= 0.6 is 0 Å². The van der Waals surface area contributed by atoms with Gasteiger partial charge in [0.25, 0.3) is 5.56 Å². The van der Waals surface area contributed by atoms with Crippen molar-refractivity contribution in [1.29, 1.82) is 0 Å². The highest BCUT2D eigenvalue weighted by Gasteiger charge is 2.17. The number of methoxy groups -OCH3 is 2. The molecule has 3 aromatic rings. The van der Waals surface area contributed by atoms with E-state index in [4.69, 9.17) is 9.47 Å². The summed E-state index contributed by atoms with van der Waals surface area (Å²) < 4.78 is 11.5. The van der Waals surface area contributed by atoms with E-state index in [1.54, 1.807) is 25.3 Å². The van der Waals surface area contributed by atoms with Crippen LogP contribution in [-0.4, -0.2) is 46.9 Å². The minimum atomic E-state index is -0.565. The van der Waals surface area contributed by atoms with Gasteiger partial charge in [-0.05, 0) is 45.0 Å². The second-order valence-electron chi connectivity index (χ2n) is 7.02. The van der Waals surface area contributed by atoms with Crippen LogP contribution in [0.3, 0.4) is 0 Å². The molecule has 0 saturated heterocycles. The van der Waals surface area contributed by atoms with Crippen LogP contribution < -0.4 is 11.0 Å². The summed E-state index contributed by atoms with van der Waals surface area (Å²) in [4.78, 5) is 42.5. The monoisotopic (exact) mass is 437 g/mol. The fourth-order valence-corrected chi connectivity index (χ4v) is 3.32. The highest BCUT2D eigenvalue weighted by Crippen LogP contribution is 2.23. The first-order chi connectivity index (χ1) is 15.2. The molecule has 3 rings (SSSR count). The van der Waals surface area contributed by atoms with E-state index in [1.165, 1.54) is 26.4 Å². The number of nitrogens with one attached hydrogen (secondary N) is 2. The standard InChI is InChI=1S/C22H23N5O5/c1-12-6-19(28)25-22(24-12)26-23-11-17-7-13(2)27(14(17)3)18-9-15(20(29)31-4)8-16(10-18)21(30)32-5/h6-11H,1-5H3,(H2,24,25,26,28)/b23-11-. The van der Waals surface area contributed by atoms with E-state index in [2.05, 4.69) is 20.5 Å². The molecule has 0 unspecified atom stereocenters. The highest BCUT2D eigenvalue weighted by molar-refractivity contribution is 5.96. The van der Waals surface area contributed by atoms with E-state index in [0.29, 0.717) is 11.4 Å². The average Bonchev–Trinajstić information content (AvgIpc) is 3.04. The Morgan fingerprint density at radius 3 is 2.22 bits per heavy atom. The molecule has 0 bridgehead atoms. The Bertz CT molecular complexity index is 1240. The summed E-state index contributed by atoms with van der Waals surface area (Å²) in [5, 5.41) is 4.15. The molecule has 2 N–H and O–H groups in total. The van der Waals surface area contributed by atoms with Gasteiger partial charge in [-0.1, -0.05) is 0 Å². The zero-order valence-corrected chi connectivity index (χ0v) is 18.3. The van der Waals surface area contributed by atoms with Crippen molar-refractivity contribution < 1.29 is 19.1 Å². The normalized spacial score (nSPS) is 10.9. The number of rotatable bonds is 6. The summed E-state index contributed by atoms with van der Waals surface area (Å²) in [6, 6.07) is 7.98. The minimum absolute atomic E-state index is 0.226. The van der Waals surface area contributed by atoms with Crippen molar-refractivity contribution in [3.05, 3.63) is 74.5 Å². The number of aromatic amines is 1. The number of carbonyl (C=O) groups is 2. The van der Waals surface area contributed by atoms with Gasteiger partial charge in [-0.2, -0.15) is 5.10 Å². The van der Waals surface area contributed by atoms with Crippen molar-refractivity contribution in [3.8, 4) is 5.69 Å². The first-order valence-corrected chi connectivity index (χ1v) is 9.61. The topological polar surface area (TPSA) is 128 Å². The predicted molar refractivity (Wildman–Crippen MR) is 119 cm³/mol. The highest BCUT2D eigenvalue weighted by atomic mass is 16.5. The van der Waals surface area contributed by atoms with Crippen LogP contribution in [0, 0.1) is 20.8 Å². The van der Waals surface area contributed by atoms with Gasteiger partial charge in [-0.15, -0.1) is 0 Å². The number of hydrogen-bond acceptors (Lipinski definition) is 8. The molecular formula is C22H23N5O5. The SMILES string of the molecule is COC(=O)c1cc(C(=O)OC)cc(-n2c(C)cc(/C=N\Nc3nc(C)cc(=O)[nH]3)c2C)c1. The Labute approximate surface area is 183 Å². The van der Waals surface area contributed by atoms with Crippen LogP contribution in [0.2, 0.25) is 0 Å². The Balaban J connectivity index is 1.98. The van der Waals surface area contributed by atoms with Crippen LogP contribution in [0.1, 0.15) is 43.4 Å². The van der Waals surface area contributed by atoms with Crippen LogP contribution in [0.5, 0.6) is 0 Å². The molecule has 32 heavy (non-hydrogen) atoms. The van der Waals surface area contributed by atoms with Gasteiger partial charge in [0.1, 0.15) is 0 Å². The Morgan fingerprint density at radius 1 is 1.03 bits per heavy atom. The molecule has 0 atom stereocenters. The van der Waals surface area contributed by atoms with Crippen LogP contribution in [0.15, 0.2) is 40.2 Å². The molecule has 0 fully saturated rings. The lowest BCUT2D eigenvalue weighted by atomic mass is 10.1. The van der Waals surface area contributed by atoms with E-state index in [1.807, 2.05) is 24.5 Å². The van der Waals surface area contributed by atoms with Gasteiger partial charge in [0.2, 0.25) is 5.95 Å². The maximum Gasteiger partial charge on any atom is 0.337 e. The number of esters is 2. The lowest BCUT2D eigenvalue weighted by Gasteiger charge is -2.13. The molecule has 0 spiro atoms. The molecule has 10 nitrogen and oxygen atoms in total. The van der Waals surface area contributed by atoms with Crippen molar-refractivity contribution in [2.24, 2.45) is 5.10 Å². The number of ether oxygens (including phenoxy) is 2. The second-order valence-corrected chi connectivity index (χ2v) is 7.02. The quantitative estimate of drug-likeness (QED) is 0.344. The van der Waals surface area contributed by atoms with E-state index >= 15 is 0 Å². The molecule has 1 aromatic carbocycles. The van der Waals surface area contributed by atoms with Gasteiger partial charge in [0.15, 0.2) is 0 Å². The van der Waals surface area contributed by atoms with Gasteiger partial charge in [0, 0.05) is 34.4 Å². The zero-order valence-electron chi connectivity index (χ0n) is 18.3. The van der Waals surface area contributed by atoms with Gasteiger partial charge in [-0.3, -0.25) is 9.78 Å². The van der Waals surface area contributed by atoms with Crippen LogP contribution in [-0.2, 0) is 9.47 Å². The molecule has 0 aliphatic rings. The number of hydrazone groups is 1. The van der Waals surface area contributed by atoms with Gasteiger partial charge in [-0.25, -0.2) is 20.0 Å². The van der Waals surface area contributed by atoms with Gasteiger partial charge >= 0.3 is 11.9 Å². The maximum atomic E-state index is 12.1. The summed E-state index contributed by atoms with van der Waals surface area (Å²) in [6.45, 7) is 5.48. The number of nitrogens with zero attached hydrogens (tertiary/aromatic N) is 3. The molecule has 0 aliphatic carbocycles. The summed E-state index contributed by atoms with van der Waals surface area (Å²) in [7, 11) is 2.55. The smallest absolute Gasteiger partial charge is 0.337 e. The fourth-order valence-electron chi connectivity index (χ4n) is 3.32. The molecule has 0 aliphatic heterocycles. The largest absolute Gasteiger partial charge is 0.465 e. The van der Waals surface area contributed by atoms with E-state index in [-0.39, 0.29) is 22.6 Å². The predicted octanol–water partition coefficient (Wildman–Crippen LogP) is 2.51. The molecule has 2 heterocycles. The maximum absolute atomic E-state index is 12.1. The number of benzene rings is 1. The molecule has 0 saturated carbocycles. The summed E-state index contributed by atoms with van der Waals surface area (Å²) in [5.41, 5.74) is 6.50. The lowest BCUT2D eigenvalue weighted by Crippen LogP contribution is -2.10. The number of aromatic nitrogens is 3. The third-order valence-electron chi connectivity index (χ3n) is 4.73. The lowest BCUT2D eigenvalue weighted by molar-refractivity contribution is 0.0599. The number of carbonyl (C=O) groups excluding carboxylic acids is 2. The molecule has 2 aromatic heterocycles. The summed E-state index contributed by atoms with van der Waals surface area (Å²) >= 11 is 0. The minimum Gasteiger partial charge on any atom is -0.465 e. The fraction of sp³-hybridized carbons (Fsp3) is 0.227. The van der Waals surface area contributed by atoms with E-state index in [9.17, 15) is 14.4 Å². The molecule has 10 heteroatoms. The van der Waals surface area contributed by atoms with Crippen molar-refractivity contribution >= 4 is 24.1 Å². The third-order valence-corrected chi connectivity index (χ3v) is 4.73. The first kappa shape index (κ1) is 22.5. The van der Waals surface area contributed by atoms with Crippen molar-refractivity contribution in [2.45, 2.75) is 20.8 Å². The second kappa shape index (κ2) is 9.29. The van der Waals surface area contributed by atoms with E-state index < -0.39 is 11.9 Å². The molecule has 166 valence electrons. The average molecular weight is 437 g/mol. The van der Waals surface area contributed by atoms with Crippen molar-refractivity contribution in [3.63, 3.8) is 0 Å². The Hall–Kier alpha value is -4.21. The van der Waals surface area contributed by atoms with Crippen molar-refractivity contribution in [1.82, 2.24) is 14.5 Å². The Morgan fingerprint density at radius 2 is 1.66 bits per heavy atom. The third kappa shape index (κ3) is 4.75. The number of hydrogen-bond donors (Lipinski definition) is 2. The molecule has 0 radical (unpaired) electrons. The van der Waals surface area contributed by atoms with E-state index in [0.717, 1.165) is 17.0 Å². The number of H-pyrrole nitrogens is 1. The van der Waals surface area contributed by atoms with Crippen molar-refractivity contribution in [2.75, 3.05) is 19.6 Å². The van der Waals surface area contributed by atoms with Gasteiger partial charge < -0.3 is 14.0 Å². The van der Waals surface area contributed by atoms with Crippen LogP contribution in [0.4, 0.5) is 5.95 Å². The first-order valence-electron chi connectivity index (χ1n) is 9.61. The number of anilines is 1. The molecular weight excluding hydrogens is 414 g/mol. The zero-order chi connectivity index (χ0) is 23.4. The van der Waals surface area contributed by atoms with Gasteiger partial charge in [0.05, 0.1) is 31.6 Å². The Kier molecular flexibility index (Phi) is 6.53. The number of aryl methyl sites for hydroxylation is 2. The molecule has 0 amide bonds.